The van der Waals surface area contributed by atoms with Crippen LogP contribution in [0, 0.1) is 6.92 Å². The van der Waals surface area contributed by atoms with Crippen molar-refractivity contribution < 1.29 is 8.42 Å². The molecular formula is C14H21BrN2O2S. The molecule has 1 aromatic rings. The minimum absolute atomic E-state index is 0.0491. The Hall–Kier alpha value is -0.430. The lowest BCUT2D eigenvalue weighted by atomic mass is 9.92. The summed E-state index contributed by atoms with van der Waals surface area (Å²) in [4.78, 5) is 0.334. The van der Waals surface area contributed by atoms with Crippen molar-refractivity contribution >= 4 is 26.0 Å². The fourth-order valence-electron chi connectivity index (χ4n) is 2.63. The highest BCUT2D eigenvalue weighted by Crippen LogP contribution is 2.30. The highest BCUT2D eigenvalue weighted by Gasteiger charge is 2.31. The second-order valence-corrected chi connectivity index (χ2v) is 8.34. The third-order valence-electron chi connectivity index (χ3n) is 4.00. The molecule has 0 bridgehead atoms. The van der Waals surface area contributed by atoms with Crippen LogP contribution in [0.3, 0.4) is 0 Å². The van der Waals surface area contributed by atoms with Crippen molar-refractivity contribution in [3.63, 3.8) is 0 Å². The second-order valence-electron chi connectivity index (χ2n) is 5.52. The number of halogens is 1. The van der Waals surface area contributed by atoms with Crippen molar-refractivity contribution in [2.24, 2.45) is 5.73 Å². The van der Waals surface area contributed by atoms with Gasteiger partial charge in [0, 0.05) is 23.6 Å². The van der Waals surface area contributed by atoms with Crippen molar-refractivity contribution in [1.82, 2.24) is 4.31 Å². The molecule has 0 amide bonds. The summed E-state index contributed by atoms with van der Waals surface area (Å²) in [5.41, 5.74) is 6.91. The van der Waals surface area contributed by atoms with Gasteiger partial charge in [0.05, 0.1) is 4.90 Å². The summed E-state index contributed by atoms with van der Waals surface area (Å²) >= 11 is 3.36. The number of hydrogen-bond donors (Lipinski definition) is 1. The Morgan fingerprint density at radius 3 is 2.40 bits per heavy atom. The number of nitrogens with zero attached hydrogens (tertiary/aromatic N) is 1. The molecule has 112 valence electrons. The molecule has 0 spiro atoms. The predicted octanol–water partition coefficient (Wildman–Crippen LogP) is 2.65. The molecule has 4 nitrogen and oxygen atoms in total. The zero-order valence-electron chi connectivity index (χ0n) is 11.8. The van der Waals surface area contributed by atoms with E-state index in [1.165, 1.54) is 4.31 Å². The summed E-state index contributed by atoms with van der Waals surface area (Å²) in [6.07, 6.45) is 3.44. The van der Waals surface area contributed by atoms with Crippen LogP contribution < -0.4 is 5.73 Å². The average Bonchev–Trinajstić information content (AvgIpc) is 2.38. The summed E-state index contributed by atoms with van der Waals surface area (Å²) < 4.78 is 27.5. The molecule has 6 heteroatoms. The third kappa shape index (κ3) is 3.24. The Labute approximate surface area is 129 Å². The van der Waals surface area contributed by atoms with Crippen molar-refractivity contribution in [2.75, 3.05) is 7.05 Å². The molecule has 1 saturated carbocycles. The van der Waals surface area contributed by atoms with Gasteiger partial charge in [0.15, 0.2) is 0 Å². The average molecular weight is 361 g/mol. The van der Waals surface area contributed by atoms with Crippen LogP contribution in [-0.4, -0.2) is 31.9 Å². The molecule has 1 fully saturated rings. The Balaban J connectivity index is 2.25. The first kappa shape index (κ1) is 15.9. The first-order valence-electron chi connectivity index (χ1n) is 6.82. The van der Waals surface area contributed by atoms with Gasteiger partial charge in [0.1, 0.15) is 0 Å². The zero-order chi connectivity index (χ0) is 14.9. The number of hydrogen-bond acceptors (Lipinski definition) is 3. The molecule has 0 heterocycles. The molecule has 0 atom stereocenters. The summed E-state index contributed by atoms with van der Waals surface area (Å²) in [6.45, 7) is 1.94. The number of sulfonamides is 1. The van der Waals surface area contributed by atoms with Gasteiger partial charge in [-0.05, 0) is 66.2 Å². The van der Waals surface area contributed by atoms with Crippen LogP contribution in [0.5, 0.6) is 0 Å². The SMILES string of the molecule is Cc1ccc(S(=O)(=O)N(C)C2CCC(N)CC2)c(Br)c1. The van der Waals surface area contributed by atoms with Gasteiger partial charge in [-0.2, -0.15) is 4.31 Å². The molecule has 1 aromatic carbocycles. The van der Waals surface area contributed by atoms with Gasteiger partial charge in [0.2, 0.25) is 10.0 Å². The first-order valence-corrected chi connectivity index (χ1v) is 9.05. The molecule has 2 N–H and O–H groups in total. The van der Waals surface area contributed by atoms with E-state index in [1.807, 2.05) is 19.1 Å². The molecule has 1 aliphatic carbocycles. The van der Waals surface area contributed by atoms with E-state index in [-0.39, 0.29) is 12.1 Å². The highest BCUT2D eigenvalue weighted by molar-refractivity contribution is 9.10. The van der Waals surface area contributed by atoms with Crippen molar-refractivity contribution in [3.05, 3.63) is 28.2 Å². The van der Waals surface area contributed by atoms with Crippen LogP contribution in [0.4, 0.5) is 0 Å². The van der Waals surface area contributed by atoms with Crippen LogP contribution in [0.1, 0.15) is 31.2 Å². The molecule has 0 radical (unpaired) electrons. The predicted molar refractivity (Wildman–Crippen MR) is 84.1 cm³/mol. The summed E-state index contributed by atoms with van der Waals surface area (Å²) in [7, 11) is -1.79. The maximum Gasteiger partial charge on any atom is 0.244 e. The van der Waals surface area contributed by atoms with Gasteiger partial charge in [-0.1, -0.05) is 6.07 Å². The van der Waals surface area contributed by atoms with Crippen LogP contribution in [-0.2, 0) is 10.0 Å². The Kier molecular flexibility index (Phi) is 4.89. The van der Waals surface area contributed by atoms with Gasteiger partial charge in [-0.15, -0.1) is 0 Å². The number of rotatable bonds is 3. The van der Waals surface area contributed by atoms with E-state index in [4.69, 9.17) is 5.73 Å². The van der Waals surface area contributed by atoms with Crippen LogP contribution in [0.15, 0.2) is 27.6 Å². The lowest BCUT2D eigenvalue weighted by Gasteiger charge is -2.32. The van der Waals surface area contributed by atoms with Crippen molar-refractivity contribution in [3.8, 4) is 0 Å². The van der Waals surface area contributed by atoms with Crippen LogP contribution >= 0.6 is 15.9 Å². The van der Waals surface area contributed by atoms with Gasteiger partial charge in [-0.3, -0.25) is 0 Å². The lowest BCUT2D eigenvalue weighted by molar-refractivity contribution is 0.268. The molecule has 1 aliphatic rings. The molecule has 2 rings (SSSR count). The van der Waals surface area contributed by atoms with Gasteiger partial charge in [0.25, 0.3) is 0 Å². The largest absolute Gasteiger partial charge is 0.328 e. The monoisotopic (exact) mass is 360 g/mol. The topological polar surface area (TPSA) is 63.4 Å². The maximum absolute atomic E-state index is 12.7. The smallest absolute Gasteiger partial charge is 0.244 e. The summed E-state index contributed by atoms with van der Waals surface area (Å²) in [5, 5.41) is 0. The third-order valence-corrected chi connectivity index (χ3v) is 6.89. The Morgan fingerprint density at radius 1 is 1.25 bits per heavy atom. The lowest BCUT2D eigenvalue weighted by Crippen LogP contribution is -2.41. The standard InChI is InChI=1S/C14H21BrN2O2S/c1-10-3-8-14(13(15)9-10)20(18,19)17(2)12-6-4-11(16)5-7-12/h3,8-9,11-12H,4-7,16H2,1-2H3. The molecule has 20 heavy (non-hydrogen) atoms. The van der Waals surface area contributed by atoms with E-state index in [0.717, 1.165) is 31.2 Å². The van der Waals surface area contributed by atoms with E-state index >= 15 is 0 Å². The molecule has 0 unspecified atom stereocenters. The molecule has 0 aromatic heterocycles. The molecule has 0 aliphatic heterocycles. The molecular weight excluding hydrogens is 340 g/mol. The first-order chi connectivity index (χ1) is 9.32. The van der Waals surface area contributed by atoms with Crippen molar-refractivity contribution in [1.29, 1.82) is 0 Å². The maximum atomic E-state index is 12.7. The molecule has 0 saturated heterocycles. The van der Waals surface area contributed by atoms with E-state index in [9.17, 15) is 8.42 Å². The van der Waals surface area contributed by atoms with Crippen LogP contribution in [0.2, 0.25) is 0 Å². The fourth-order valence-corrected chi connectivity index (χ4v) is 5.20. The van der Waals surface area contributed by atoms with E-state index in [1.54, 1.807) is 13.1 Å². The second kappa shape index (κ2) is 6.13. The van der Waals surface area contributed by atoms with E-state index < -0.39 is 10.0 Å². The Morgan fingerprint density at radius 2 is 1.85 bits per heavy atom. The van der Waals surface area contributed by atoms with Gasteiger partial charge < -0.3 is 5.73 Å². The summed E-state index contributed by atoms with van der Waals surface area (Å²) in [5.74, 6) is 0. The fraction of sp³-hybridized carbons (Fsp3) is 0.571. The normalized spacial score (nSPS) is 24.1. The number of aryl methyl sites for hydroxylation is 1. The zero-order valence-corrected chi connectivity index (χ0v) is 14.2. The highest BCUT2D eigenvalue weighted by atomic mass is 79.9. The minimum Gasteiger partial charge on any atom is -0.328 e. The number of nitrogens with two attached hydrogens (primary N) is 1. The van der Waals surface area contributed by atoms with Crippen molar-refractivity contribution in [2.45, 2.75) is 49.6 Å². The van der Waals surface area contributed by atoms with E-state index in [2.05, 4.69) is 15.9 Å². The van der Waals surface area contributed by atoms with Gasteiger partial charge in [-0.25, -0.2) is 8.42 Å². The van der Waals surface area contributed by atoms with Gasteiger partial charge >= 0.3 is 0 Å². The Bertz CT molecular complexity index is 581. The summed E-state index contributed by atoms with van der Waals surface area (Å²) in [6, 6.07) is 5.58. The quantitative estimate of drug-likeness (QED) is 0.900. The van der Waals surface area contributed by atoms with E-state index in [0.29, 0.717) is 9.37 Å². The van der Waals surface area contributed by atoms with Crippen LogP contribution in [0.25, 0.3) is 0 Å². The minimum atomic E-state index is -3.46. The number of benzene rings is 1.